The molecule has 1 aliphatic rings. The van der Waals surface area contributed by atoms with Crippen molar-refractivity contribution in [1.82, 2.24) is 20.6 Å². The van der Waals surface area contributed by atoms with E-state index in [4.69, 9.17) is 9.94 Å². The van der Waals surface area contributed by atoms with Crippen molar-refractivity contribution in [3.63, 3.8) is 0 Å². The fourth-order valence-electron chi connectivity index (χ4n) is 3.54. The number of amides is 3. The SMILES string of the molecule is CNC(=O)C(C(=O)NO)N(C)C(=O)c1ccc(C#Cc2ccc(CN3CCOCC3)cc2)cc1. The molecule has 0 aromatic heterocycles. The summed E-state index contributed by atoms with van der Waals surface area (Å²) in [6.45, 7) is 4.32. The molecule has 1 unspecified atom stereocenters. The summed E-state index contributed by atoms with van der Waals surface area (Å²) in [5.41, 5.74) is 4.52. The van der Waals surface area contributed by atoms with E-state index in [1.165, 1.54) is 25.1 Å². The number of rotatable bonds is 6. The molecule has 3 rings (SSSR count). The number of nitrogens with one attached hydrogen (secondary N) is 2. The molecule has 9 nitrogen and oxygen atoms in total. The number of hydrogen-bond donors (Lipinski definition) is 3. The van der Waals surface area contributed by atoms with E-state index in [1.54, 1.807) is 24.3 Å². The maximum atomic E-state index is 12.7. The highest BCUT2D eigenvalue weighted by Gasteiger charge is 2.33. The van der Waals surface area contributed by atoms with E-state index in [2.05, 4.69) is 34.2 Å². The molecule has 1 saturated heterocycles. The van der Waals surface area contributed by atoms with E-state index in [-0.39, 0.29) is 5.56 Å². The van der Waals surface area contributed by atoms with Gasteiger partial charge >= 0.3 is 0 Å². The van der Waals surface area contributed by atoms with Crippen LogP contribution in [0.5, 0.6) is 0 Å². The third kappa shape index (κ3) is 6.42. The average Bonchev–Trinajstić information content (AvgIpc) is 2.88. The monoisotopic (exact) mass is 464 g/mol. The molecule has 1 heterocycles. The molecule has 2 aromatic rings. The Kier molecular flexibility index (Phi) is 8.76. The summed E-state index contributed by atoms with van der Waals surface area (Å²) >= 11 is 0. The van der Waals surface area contributed by atoms with Gasteiger partial charge in [-0.25, -0.2) is 5.48 Å². The van der Waals surface area contributed by atoms with Crippen LogP contribution in [0, 0.1) is 11.8 Å². The number of nitrogens with zero attached hydrogens (tertiary/aromatic N) is 2. The topological polar surface area (TPSA) is 111 Å². The van der Waals surface area contributed by atoms with Gasteiger partial charge in [-0.2, -0.15) is 0 Å². The third-order valence-corrected chi connectivity index (χ3v) is 5.51. The van der Waals surface area contributed by atoms with Crippen LogP contribution in [0.4, 0.5) is 0 Å². The van der Waals surface area contributed by atoms with Gasteiger partial charge in [0.1, 0.15) is 0 Å². The standard InChI is InChI=1S/C25H28N4O5/c1-26-23(30)22(24(31)27-33)28(2)25(32)21-11-9-19(10-12-21)4-3-18-5-7-20(8-6-18)17-29-13-15-34-16-14-29/h5-12,22,33H,13-17H2,1-2H3,(H,26,30)(H,27,31). The van der Waals surface area contributed by atoms with Crippen LogP contribution in [0.1, 0.15) is 27.0 Å². The normalized spacial score (nSPS) is 14.3. The number of benzene rings is 2. The van der Waals surface area contributed by atoms with Crippen molar-refractivity contribution in [3.8, 4) is 11.8 Å². The molecule has 0 saturated carbocycles. The van der Waals surface area contributed by atoms with Gasteiger partial charge in [-0.1, -0.05) is 24.0 Å². The minimum Gasteiger partial charge on any atom is -0.379 e. The molecule has 0 spiro atoms. The molecule has 3 amide bonds. The Morgan fingerprint density at radius 2 is 1.56 bits per heavy atom. The number of likely N-dealkylation sites (N-methyl/N-ethyl adjacent to an activating group) is 2. The molecule has 1 atom stereocenters. The van der Waals surface area contributed by atoms with E-state index in [0.717, 1.165) is 43.3 Å². The predicted molar refractivity (Wildman–Crippen MR) is 125 cm³/mol. The summed E-state index contributed by atoms with van der Waals surface area (Å²) in [4.78, 5) is 39.9. The van der Waals surface area contributed by atoms with Crippen molar-refractivity contribution < 1.29 is 24.3 Å². The highest BCUT2D eigenvalue weighted by molar-refractivity contribution is 6.08. The van der Waals surface area contributed by atoms with E-state index < -0.39 is 23.8 Å². The molecular weight excluding hydrogens is 436 g/mol. The molecule has 0 bridgehead atoms. The summed E-state index contributed by atoms with van der Waals surface area (Å²) in [6.07, 6.45) is 0. The van der Waals surface area contributed by atoms with Gasteiger partial charge in [0, 0.05) is 50.4 Å². The number of morpholine rings is 1. The van der Waals surface area contributed by atoms with Crippen LogP contribution in [0.15, 0.2) is 48.5 Å². The first-order valence-electron chi connectivity index (χ1n) is 10.9. The highest BCUT2D eigenvalue weighted by atomic mass is 16.5. The minimum atomic E-state index is -1.51. The molecule has 1 fully saturated rings. The zero-order valence-electron chi connectivity index (χ0n) is 19.2. The first-order chi connectivity index (χ1) is 16.4. The van der Waals surface area contributed by atoms with Gasteiger partial charge in [0.15, 0.2) is 6.04 Å². The van der Waals surface area contributed by atoms with Crippen LogP contribution < -0.4 is 10.8 Å². The maximum Gasteiger partial charge on any atom is 0.275 e. The second kappa shape index (κ2) is 12.0. The van der Waals surface area contributed by atoms with Crippen LogP contribution >= 0.6 is 0 Å². The minimum absolute atomic E-state index is 0.278. The van der Waals surface area contributed by atoms with Gasteiger partial charge in [-0.15, -0.1) is 0 Å². The van der Waals surface area contributed by atoms with E-state index in [9.17, 15) is 14.4 Å². The van der Waals surface area contributed by atoms with Gasteiger partial charge in [0.05, 0.1) is 13.2 Å². The zero-order chi connectivity index (χ0) is 24.5. The molecule has 9 heteroatoms. The van der Waals surface area contributed by atoms with Crippen LogP contribution in [0.3, 0.4) is 0 Å². The molecule has 178 valence electrons. The Bertz CT molecular complexity index is 1050. The smallest absolute Gasteiger partial charge is 0.275 e. The van der Waals surface area contributed by atoms with Crippen molar-refractivity contribution in [2.24, 2.45) is 0 Å². The molecule has 1 aliphatic heterocycles. The Balaban J connectivity index is 1.64. The average molecular weight is 465 g/mol. The lowest BCUT2D eigenvalue weighted by molar-refractivity contribution is -0.140. The second-order valence-electron chi connectivity index (χ2n) is 7.82. The van der Waals surface area contributed by atoms with Crippen molar-refractivity contribution >= 4 is 17.7 Å². The van der Waals surface area contributed by atoms with Gasteiger partial charge in [-0.05, 0) is 42.0 Å². The van der Waals surface area contributed by atoms with Crippen LogP contribution in [-0.4, -0.2) is 79.2 Å². The van der Waals surface area contributed by atoms with Crippen LogP contribution in [0.25, 0.3) is 0 Å². The van der Waals surface area contributed by atoms with Crippen LogP contribution in [0.2, 0.25) is 0 Å². The van der Waals surface area contributed by atoms with Crippen molar-refractivity contribution in [1.29, 1.82) is 0 Å². The van der Waals surface area contributed by atoms with Crippen LogP contribution in [-0.2, 0) is 20.9 Å². The lowest BCUT2D eigenvalue weighted by atomic mass is 10.1. The predicted octanol–water partition coefficient (Wildman–Crippen LogP) is 0.611. The number of carbonyl (C=O) groups excluding carboxylic acids is 3. The van der Waals surface area contributed by atoms with Gasteiger partial charge in [-0.3, -0.25) is 24.5 Å². The first kappa shape index (κ1) is 24.9. The Morgan fingerprint density at radius 3 is 2.09 bits per heavy atom. The fourth-order valence-corrected chi connectivity index (χ4v) is 3.54. The molecule has 2 aromatic carbocycles. The quantitative estimate of drug-likeness (QED) is 0.250. The van der Waals surface area contributed by atoms with Crippen molar-refractivity contribution in [2.45, 2.75) is 12.6 Å². The Morgan fingerprint density at radius 1 is 1.00 bits per heavy atom. The molecular formula is C25H28N4O5. The number of ether oxygens (including phenoxy) is 1. The first-order valence-corrected chi connectivity index (χ1v) is 10.9. The van der Waals surface area contributed by atoms with Crippen molar-refractivity contribution in [2.75, 3.05) is 40.4 Å². The maximum absolute atomic E-state index is 12.7. The number of hydroxylamine groups is 1. The third-order valence-electron chi connectivity index (χ3n) is 5.51. The summed E-state index contributed by atoms with van der Waals surface area (Å²) in [5, 5.41) is 11.2. The fraction of sp³-hybridized carbons (Fsp3) is 0.320. The molecule has 0 aliphatic carbocycles. The van der Waals surface area contributed by atoms with Crippen molar-refractivity contribution in [3.05, 3.63) is 70.8 Å². The van der Waals surface area contributed by atoms with E-state index in [1.807, 2.05) is 12.1 Å². The lowest BCUT2D eigenvalue weighted by Crippen LogP contribution is -2.54. The summed E-state index contributed by atoms with van der Waals surface area (Å²) in [7, 11) is 2.65. The zero-order valence-corrected chi connectivity index (χ0v) is 19.2. The Hall–Kier alpha value is -3.71. The molecule has 0 radical (unpaired) electrons. The van der Waals surface area contributed by atoms with E-state index in [0.29, 0.717) is 5.56 Å². The summed E-state index contributed by atoms with van der Waals surface area (Å²) in [6, 6.07) is 13.2. The Labute approximate surface area is 198 Å². The largest absolute Gasteiger partial charge is 0.379 e. The van der Waals surface area contributed by atoms with E-state index >= 15 is 0 Å². The second-order valence-corrected chi connectivity index (χ2v) is 7.82. The number of carbonyl (C=O) groups is 3. The molecule has 3 N–H and O–H groups in total. The van der Waals surface area contributed by atoms with Gasteiger partial charge in [0.25, 0.3) is 17.7 Å². The lowest BCUT2D eigenvalue weighted by Gasteiger charge is -2.26. The summed E-state index contributed by atoms with van der Waals surface area (Å²) < 4.78 is 5.38. The number of hydrogen-bond acceptors (Lipinski definition) is 6. The molecule has 34 heavy (non-hydrogen) atoms. The van der Waals surface area contributed by atoms with Gasteiger partial charge in [0.2, 0.25) is 0 Å². The van der Waals surface area contributed by atoms with Gasteiger partial charge < -0.3 is 15.0 Å². The summed E-state index contributed by atoms with van der Waals surface area (Å²) in [5.74, 6) is 3.91. The highest BCUT2D eigenvalue weighted by Crippen LogP contribution is 2.11.